The van der Waals surface area contributed by atoms with E-state index in [9.17, 15) is 13.6 Å². The van der Waals surface area contributed by atoms with E-state index in [2.05, 4.69) is 32.6 Å². The quantitative estimate of drug-likeness (QED) is 0.844. The lowest BCUT2D eigenvalue weighted by Crippen LogP contribution is -2.31. The van der Waals surface area contributed by atoms with E-state index in [1.807, 2.05) is 10.9 Å². The van der Waals surface area contributed by atoms with Gasteiger partial charge in [-0.15, -0.1) is 0 Å². The number of nitrogens with one attached hydrogen (secondary N) is 2. The fraction of sp³-hybridized carbons (Fsp3) is 0.632. The second-order valence-electron chi connectivity index (χ2n) is 8.70. The molecule has 9 heteroatoms. The first-order chi connectivity index (χ1) is 13.3. The van der Waals surface area contributed by atoms with E-state index in [1.165, 1.54) is 0 Å². The summed E-state index contributed by atoms with van der Waals surface area (Å²) >= 11 is 0. The van der Waals surface area contributed by atoms with Crippen molar-refractivity contribution in [2.24, 2.45) is 11.3 Å². The first-order valence-corrected chi connectivity index (χ1v) is 9.77. The van der Waals surface area contributed by atoms with Crippen LogP contribution in [-0.2, 0) is 12.8 Å². The van der Waals surface area contributed by atoms with Crippen LogP contribution in [-0.4, -0.2) is 56.8 Å². The first-order valence-electron chi connectivity index (χ1n) is 9.77. The van der Waals surface area contributed by atoms with Gasteiger partial charge in [-0.1, -0.05) is 6.92 Å². The maximum Gasteiger partial charge on any atom is 0.276 e. The highest BCUT2D eigenvalue weighted by atomic mass is 19.3. The van der Waals surface area contributed by atoms with Crippen molar-refractivity contribution in [3.8, 4) is 0 Å². The van der Waals surface area contributed by atoms with E-state index in [-0.39, 0.29) is 24.4 Å². The second kappa shape index (κ2) is 5.85. The molecule has 2 fully saturated rings. The zero-order chi connectivity index (χ0) is 19.7. The van der Waals surface area contributed by atoms with Crippen LogP contribution >= 0.6 is 0 Å². The molecule has 1 amide bonds. The number of anilines is 1. The number of rotatable bonds is 3. The molecule has 2 aromatic heterocycles. The number of fused-ring (bicyclic) bond motifs is 2. The average Bonchev–Trinajstić information content (AvgIpc) is 3.09. The molecule has 1 saturated heterocycles. The Morgan fingerprint density at radius 3 is 2.86 bits per heavy atom. The zero-order valence-electron chi connectivity index (χ0n) is 16.0. The van der Waals surface area contributed by atoms with E-state index in [0.29, 0.717) is 23.0 Å². The normalized spacial score (nSPS) is 29.2. The minimum atomic E-state index is -2.67. The van der Waals surface area contributed by atoms with Gasteiger partial charge in [-0.3, -0.25) is 14.6 Å². The Hall–Kier alpha value is -2.29. The number of hydrogen-bond donors (Lipinski definition) is 2. The lowest BCUT2D eigenvalue weighted by atomic mass is 9.87. The highest BCUT2D eigenvalue weighted by Crippen LogP contribution is 2.70. The molecule has 28 heavy (non-hydrogen) atoms. The molecule has 5 rings (SSSR count). The van der Waals surface area contributed by atoms with Gasteiger partial charge in [0, 0.05) is 35.2 Å². The maximum absolute atomic E-state index is 14.1. The summed E-state index contributed by atoms with van der Waals surface area (Å²) < 4.78 is 30.0. The Morgan fingerprint density at radius 1 is 1.36 bits per heavy atom. The Bertz CT molecular complexity index is 929. The van der Waals surface area contributed by atoms with Crippen molar-refractivity contribution in [2.75, 3.05) is 25.5 Å². The number of aromatic amines is 1. The molecule has 3 heterocycles. The molecule has 7 nitrogen and oxygen atoms in total. The van der Waals surface area contributed by atoms with E-state index >= 15 is 0 Å². The molecule has 2 aliphatic carbocycles. The van der Waals surface area contributed by atoms with E-state index in [0.717, 1.165) is 25.9 Å². The lowest BCUT2D eigenvalue weighted by molar-refractivity contribution is 0.0631. The summed E-state index contributed by atoms with van der Waals surface area (Å²) in [5.41, 5.74) is 1.09. The number of hydrogen-bond acceptors (Lipinski definition) is 4. The molecule has 0 aromatic carbocycles. The number of H-pyrrole nitrogens is 1. The van der Waals surface area contributed by atoms with Crippen molar-refractivity contribution in [3.63, 3.8) is 0 Å². The summed E-state index contributed by atoms with van der Waals surface area (Å²) in [6.45, 7) is 3.66. The van der Waals surface area contributed by atoms with E-state index in [4.69, 9.17) is 0 Å². The molecular weight excluding hydrogens is 366 g/mol. The Balaban J connectivity index is 1.29. The monoisotopic (exact) mass is 390 g/mol. The van der Waals surface area contributed by atoms with Crippen molar-refractivity contribution in [2.45, 2.75) is 44.6 Å². The molecule has 1 aliphatic heterocycles. The summed E-state index contributed by atoms with van der Waals surface area (Å²) in [6.07, 6.45) is 5.92. The number of carbonyl (C=O) groups excluding carboxylic acids is 1. The van der Waals surface area contributed by atoms with Gasteiger partial charge in [-0.05, 0) is 39.4 Å². The van der Waals surface area contributed by atoms with Crippen molar-refractivity contribution < 1.29 is 13.6 Å². The summed E-state index contributed by atoms with van der Waals surface area (Å²) in [5.74, 6) is -3.76. The summed E-state index contributed by atoms with van der Waals surface area (Å²) in [4.78, 5) is 15.0. The summed E-state index contributed by atoms with van der Waals surface area (Å²) in [6, 6.07) is 0.328. The topological polar surface area (TPSA) is 78.8 Å². The zero-order valence-corrected chi connectivity index (χ0v) is 16.0. The number of halogens is 2. The van der Waals surface area contributed by atoms with Crippen LogP contribution in [0.15, 0.2) is 12.4 Å². The SMILES string of the molecule is CN1CCC(n2cc(NC(=O)c3n[nH]c4c3CC3C(F)(F)C3(C)C4)cn2)CC1. The third-order valence-corrected chi connectivity index (χ3v) is 6.93. The lowest BCUT2D eigenvalue weighted by Gasteiger charge is -2.28. The van der Waals surface area contributed by atoms with Crippen molar-refractivity contribution in [1.82, 2.24) is 24.9 Å². The summed E-state index contributed by atoms with van der Waals surface area (Å²) in [7, 11) is 2.11. The minimum absolute atomic E-state index is 0.187. The molecule has 2 aromatic rings. The van der Waals surface area contributed by atoms with Crippen molar-refractivity contribution >= 4 is 11.6 Å². The molecular formula is C19H24F2N6O. The fourth-order valence-electron chi connectivity index (χ4n) is 4.85. The molecule has 0 bridgehead atoms. The van der Waals surface area contributed by atoms with Crippen LogP contribution in [0.5, 0.6) is 0 Å². The summed E-state index contributed by atoms with van der Waals surface area (Å²) in [5, 5.41) is 14.1. The molecule has 0 spiro atoms. The molecule has 0 radical (unpaired) electrons. The third-order valence-electron chi connectivity index (χ3n) is 6.93. The van der Waals surface area contributed by atoms with Gasteiger partial charge < -0.3 is 10.2 Å². The van der Waals surface area contributed by atoms with Gasteiger partial charge in [0.15, 0.2) is 5.69 Å². The number of likely N-dealkylation sites (tertiary alicyclic amines) is 1. The number of alkyl halides is 2. The number of nitrogens with zero attached hydrogens (tertiary/aromatic N) is 4. The largest absolute Gasteiger partial charge is 0.318 e. The smallest absolute Gasteiger partial charge is 0.276 e. The highest BCUT2D eigenvalue weighted by molar-refractivity contribution is 6.04. The molecule has 2 atom stereocenters. The second-order valence-corrected chi connectivity index (χ2v) is 8.70. The standard InChI is InChI=1S/C19H24F2N6O/c1-18-8-14-13(7-15(18)19(18,20)21)16(25-24-14)17(28)23-11-9-22-27(10-11)12-3-5-26(2)6-4-12/h9-10,12,15H,3-8H2,1-2H3,(H,23,28)(H,24,25). The van der Waals surface area contributed by atoms with Crippen molar-refractivity contribution in [3.05, 3.63) is 29.3 Å². The molecule has 2 unspecified atom stereocenters. The third kappa shape index (κ3) is 2.52. The van der Waals surface area contributed by atoms with Gasteiger partial charge in [-0.25, -0.2) is 8.78 Å². The Labute approximate surface area is 161 Å². The predicted octanol–water partition coefficient (Wildman–Crippen LogP) is 2.50. The number of piperidine rings is 1. The van der Waals surface area contributed by atoms with Gasteiger partial charge in [0.2, 0.25) is 0 Å². The fourth-order valence-corrected chi connectivity index (χ4v) is 4.85. The average molecular weight is 390 g/mol. The molecule has 3 aliphatic rings. The van der Waals surface area contributed by atoms with Crippen LogP contribution < -0.4 is 5.32 Å². The maximum atomic E-state index is 14.1. The molecule has 150 valence electrons. The van der Waals surface area contributed by atoms with E-state index < -0.39 is 17.3 Å². The Morgan fingerprint density at radius 2 is 2.11 bits per heavy atom. The van der Waals surface area contributed by atoms with Crippen LogP contribution in [0.2, 0.25) is 0 Å². The first kappa shape index (κ1) is 17.8. The van der Waals surface area contributed by atoms with E-state index in [1.54, 1.807) is 13.1 Å². The number of amides is 1. The van der Waals surface area contributed by atoms with Crippen LogP contribution in [0.25, 0.3) is 0 Å². The number of aromatic nitrogens is 4. The van der Waals surface area contributed by atoms with Gasteiger partial charge in [0.05, 0.1) is 17.9 Å². The molecule has 1 saturated carbocycles. The molecule has 2 N–H and O–H groups in total. The van der Waals surface area contributed by atoms with Gasteiger partial charge in [-0.2, -0.15) is 10.2 Å². The van der Waals surface area contributed by atoms with Crippen molar-refractivity contribution in [1.29, 1.82) is 0 Å². The van der Waals surface area contributed by atoms with Gasteiger partial charge >= 0.3 is 0 Å². The minimum Gasteiger partial charge on any atom is -0.318 e. The predicted molar refractivity (Wildman–Crippen MR) is 98.5 cm³/mol. The van der Waals surface area contributed by atoms with Crippen LogP contribution in [0.1, 0.15) is 47.6 Å². The van der Waals surface area contributed by atoms with Crippen LogP contribution in [0, 0.1) is 11.3 Å². The Kier molecular flexibility index (Phi) is 3.72. The van der Waals surface area contributed by atoms with Gasteiger partial charge in [0.25, 0.3) is 11.8 Å². The van der Waals surface area contributed by atoms with Gasteiger partial charge in [0.1, 0.15) is 0 Å². The van der Waals surface area contributed by atoms with Crippen LogP contribution in [0.4, 0.5) is 14.5 Å². The van der Waals surface area contributed by atoms with Crippen LogP contribution in [0.3, 0.4) is 0 Å². The number of carbonyl (C=O) groups is 1. The highest BCUT2D eigenvalue weighted by Gasteiger charge is 2.78.